The molecule has 3 saturated carbocycles. The molecule has 0 bridgehead atoms. The number of fused-ring (bicyclic) bond motifs is 4. The minimum atomic E-state index is -1.75. The van der Waals surface area contributed by atoms with Crippen LogP contribution < -0.4 is 0 Å². The predicted molar refractivity (Wildman–Crippen MR) is 100 cm³/mol. The third kappa shape index (κ3) is 2.94. The van der Waals surface area contributed by atoms with Crippen LogP contribution in [0, 0.1) is 17.8 Å². The summed E-state index contributed by atoms with van der Waals surface area (Å²) in [7, 11) is 0. The second-order valence-corrected chi connectivity index (χ2v) is 9.29. The van der Waals surface area contributed by atoms with Gasteiger partial charge in [0.25, 0.3) is 0 Å². The molecule has 2 aliphatic heterocycles. The van der Waals surface area contributed by atoms with Gasteiger partial charge < -0.3 is 14.4 Å². The number of halogens is 2. The number of morpholine rings is 1. The number of carbonyl (C=O) groups excluding carboxylic acids is 2. The monoisotopic (exact) mass is 409 g/mol. The lowest BCUT2D eigenvalue weighted by molar-refractivity contribution is -0.231. The van der Waals surface area contributed by atoms with E-state index in [9.17, 15) is 18.4 Å². The lowest BCUT2D eigenvalue weighted by atomic mass is 9.64. The lowest BCUT2D eigenvalue weighted by Crippen LogP contribution is -2.71. The van der Waals surface area contributed by atoms with Crippen LogP contribution in [0.2, 0.25) is 0 Å². The van der Waals surface area contributed by atoms with E-state index in [1.165, 1.54) is 12.8 Å². The Hall–Kier alpha value is -1.50. The Morgan fingerprint density at radius 1 is 1.21 bits per heavy atom. The molecule has 29 heavy (non-hydrogen) atoms. The van der Waals surface area contributed by atoms with Gasteiger partial charge in [-0.15, -0.1) is 0 Å². The van der Waals surface area contributed by atoms with Crippen molar-refractivity contribution in [1.29, 1.82) is 0 Å². The van der Waals surface area contributed by atoms with E-state index in [1.807, 2.05) is 4.90 Å². The van der Waals surface area contributed by atoms with Crippen molar-refractivity contribution in [2.75, 3.05) is 6.61 Å². The lowest BCUT2D eigenvalue weighted by Gasteiger charge is -2.60. The van der Waals surface area contributed by atoms with Gasteiger partial charge in [-0.3, -0.25) is 4.79 Å². The first-order chi connectivity index (χ1) is 14.0. The van der Waals surface area contributed by atoms with Gasteiger partial charge in [0.15, 0.2) is 12.0 Å². The molecule has 160 valence electrons. The van der Waals surface area contributed by atoms with E-state index in [-0.39, 0.29) is 30.7 Å². The highest BCUT2D eigenvalue weighted by Gasteiger charge is 2.60. The fraction of sp³-hybridized carbons (Fsp3) is 0.818. The molecule has 5 nitrogen and oxygen atoms in total. The van der Waals surface area contributed by atoms with Crippen LogP contribution in [0.3, 0.4) is 0 Å². The Kier molecular flexibility index (Phi) is 4.92. The summed E-state index contributed by atoms with van der Waals surface area (Å²) in [5.41, 5.74) is -0.0252. The van der Waals surface area contributed by atoms with Gasteiger partial charge >= 0.3 is 5.97 Å². The summed E-state index contributed by atoms with van der Waals surface area (Å²) in [6.45, 7) is 1.85. The van der Waals surface area contributed by atoms with Gasteiger partial charge in [-0.25, -0.2) is 13.6 Å². The summed E-state index contributed by atoms with van der Waals surface area (Å²) >= 11 is 0. The first-order valence-electron chi connectivity index (χ1n) is 11.2. The number of nitrogens with zero attached hydrogens (tertiary/aromatic N) is 1. The largest absolute Gasteiger partial charge is 0.462 e. The maximum atomic E-state index is 15.0. The smallest absolute Gasteiger partial charge is 0.343 e. The van der Waals surface area contributed by atoms with Gasteiger partial charge in [0, 0.05) is 12.1 Å². The van der Waals surface area contributed by atoms with Crippen LogP contribution in [0.4, 0.5) is 8.78 Å². The number of alkyl halides is 2. The number of ether oxygens (including phenoxy) is 2. The maximum Gasteiger partial charge on any atom is 0.343 e. The van der Waals surface area contributed by atoms with Gasteiger partial charge in [-0.2, -0.15) is 0 Å². The van der Waals surface area contributed by atoms with Crippen molar-refractivity contribution in [3.8, 4) is 0 Å². The summed E-state index contributed by atoms with van der Waals surface area (Å²) in [4.78, 5) is 27.4. The molecule has 7 heteroatoms. The van der Waals surface area contributed by atoms with E-state index < -0.39 is 42.2 Å². The molecule has 5 rings (SSSR count). The highest BCUT2D eigenvalue weighted by molar-refractivity contribution is 6.18. The zero-order valence-corrected chi connectivity index (χ0v) is 16.8. The second-order valence-electron chi connectivity index (χ2n) is 9.29. The van der Waals surface area contributed by atoms with Crippen molar-refractivity contribution in [3.05, 3.63) is 11.8 Å². The topological polar surface area (TPSA) is 55.8 Å². The molecule has 0 aromatic rings. The molecule has 9 atom stereocenters. The third-order valence-corrected chi connectivity index (χ3v) is 7.91. The van der Waals surface area contributed by atoms with E-state index in [4.69, 9.17) is 9.47 Å². The number of esters is 1. The Bertz CT molecular complexity index is 728. The van der Waals surface area contributed by atoms with Crippen molar-refractivity contribution in [2.45, 2.75) is 88.5 Å². The number of rotatable bonds is 2. The van der Waals surface area contributed by atoms with E-state index in [0.29, 0.717) is 11.8 Å². The fourth-order valence-electron chi connectivity index (χ4n) is 6.66. The van der Waals surface area contributed by atoms with E-state index in [0.717, 1.165) is 25.7 Å². The van der Waals surface area contributed by atoms with Crippen LogP contribution in [0.1, 0.15) is 51.9 Å². The first-order valence-corrected chi connectivity index (χ1v) is 11.2. The molecule has 9 unspecified atom stereocenters. The Morgan fingerprint density at radius 2 is 2.00 bits per heavy atom. The van der Waals surface area contributed by atoms with Crippen molar-refractivity contribution >= 4 is 11.8 Å². The van der Waals surface area contributed by atoms with Gasteiger partial charge in [-0.05, 0) is 44.4 Å². The molecule has 0 aromatic heterocycles. The second kappa shape index (κ2) is 7.33. The van der Waals surface area contributed by atoms with Crippen molar-refractivity contribution < 1.29 is 27.8 Å². The average Bonchev–Trinajstić information content (AvgIpc) is 2.73. The van der Waals surface area contributed by atoms with E-state index in [1.54, 1.807) is 13.1 Å². The molecule has 1 saturated heterocycles. The summed E-state index contributed by atoms with van der Waals surface area (Å²) in [5, 5.41) is 0. The normalized spacial score (nSPS) is 46.2. The molecule has 0 N–H and O–H groups in total. The van der Waals surface area contributed by atoms with Crippen LogP contribution >= 0.6 is 0 Å². The predicted octanol–water partition coefficient (Wildman–Crippen LogP) is 3.12. The number of hydrogen-bond acceptors (Lipinski definition) is 5. The zero-order valence-electron chi connectivity index (χ0n) is 16.8. The number of Topliss-reactive ketones (excluding diaryl/α,β-unsaturated/α-hetero) is 1. The van der Waals surface area contributed by atoms with Crippen LogP contribution in [0.15, 0.2) is 11.8 Å². The summed E-state index contributed by atoms with van der Waals surface area (Å²) in [5.74, 6) is -0.958. The minimum absolute atomic E-state index is 0.000937. The minimum Gasteiger partial charge on any atom is -0.462 e. The molecular weight excluding hydrogens is 380 g/mol. The molecule has 0 spiro atoms. The summed E-state index contributed by atoms with van der Waals surface area (Å²) < 4.78 is 40.9. The third-order valence-electron chi connectivity index (χ3n) is 7.91. The summed E-state index contributed by atoms with van der Waals surface area (Å²) in [6, 6.07) is -0.539. The van der Waals surface area contributed by atoms with Crippen LogP contribution in [0.5, 0.6) is 0 Å². The number of carbonyl (C=O) groups is 2. The summed E-state index contributed by atoms with van der Waals surface area (Å²) in [6.07, 6.45) is 3.28. The van der Waals surface area contributed by atoms with E-state index in [2.05, 4.69) is 0 Å². The van der Waals surface area contributed by atoms with Gasteiger partial charge in [0.1, 0.15) is 17.8 Å². The first kappa shape index (κ1) is 19.5. The van der Waals surface area contributed by atoms with Crippen LogP contribution in [0.25, 0.3) is 0 Å². The number of hydrogen-bond donors (Lipinski definition) is 0. The zero-order chi connectivity index (χ0) is 20.3. The maximum absolute atomic E-state index is 15.0. The van der Waals surface area contributed by atoms with Crippen molar-refractivity contribution in [2.24, 2.45) is 17.8 Å². The molecule has 4 fully saturated rings. The molecule has 0 amide bonds. The van der Waals surface area contributed by atoms with Crippen molar-refractivity contribution in [3.63, 3.8) is 0 Å². The molecule has 0 aromatic carbocycles. The Balaban J connectivity index is 1.55. The number of ketones is 1. The SMILES string of the molecule is CCOC(=O)C1=CN2C3CCC4CCCCC4C3OC3C(F)C(F)CC(C1=O)C32. The highest BCUT2D eigenvalue weighted by atomic mass is 19.2. The fourth-order valence-corrected chi connectivity index (χ4v) is 6.66. The Labute approximate surface area is 169 Å². The molecule has 2 heterocycles. The van der Waals surface area contributed by atoms with Gasteiger partial charge in [-0.1, -0.05) is 19.3 Å². The van der Waals surface area contributed by atoms with Crippen LogP contribution in [-0.4, -0.2) is 59.9 Å². The molecular formula is C22H29F2NO4. The quantitative estimate of drug-likeness (QED) is 0.518. The molecule has 3 aliphatic carbocycles. The van der Waals surface area contributed by atoms with E-state index >= 15 is 0 Å². The average molecular weight is 409 g/mol. The highest BCUT2D eigenvalue weighted by Crippen LogP contribution is 2.51. The Morgan fingerprint density at radius 3 is 2.79 bits per heavy atom. The van der Waals surface area contributed by atoms with Gasteiger partial charge in [0.2, 0.25) is 0 Å². The molecule has 5 aliphatic rings. The van der Waals surface area contributed by atoms with Crippen LogP contribution in [-0.2, 0) is 19.1 Å². The van der Waals surface area contributed by atoms with Gasteiger partial charge in [0.05, 0.1) is 24.8 Å². The standard InChI is InChI=1S/C22H29F2NO4/c1-2-28-22(27)14-10-25-16-8-7-11-5-3-4-6-12(11)20(16)29-21-17(24)15(23)9-13(18(21)25)19(14)26/h10-13,15-18,20-21H,2-9H2,1H3. The van der Waals surface area contributed by atoms with Crippen molar-refractivity contribution in [1.82, 2.24) is 4.90 Å². The molecule has 0 radical (unpaired) electrons.